The fourth-order valence-electron chi connectivity index (χ4n) is 5.18. The van der Waals surface area contributed by atoms with E-state index in [2.05, 4.69) is 10.3 Å². The van der Waals surface area contributed by atoms with Crippen molar-refractivity contribution in [3.05, 3.63) is 35.4 Å². The lowest BCUT2D eigenvalue weighted by Crippen LogP contribution is -2.51. The zero-order valence-electron chi connectivity index (χ0n) is 31.7. The second-order valence-corrected chi connectivity index (χ2v) is 14.3. The molecule has 0 aliphatic carbocycles. The minimum absolute atomic E-state index is 0.0136. The Morgan fingerprint density at radius 2 is 1.65 bits per heavy atom. The summed E-state index contributed by atoms with van der Waals surface area (Å²) < 4.78 is 64.3. The highest BCUT2D eigenvalue weighted by Crippen LogP contribution is 2.39. The molecule has 1 fully saturated rings. The fourth-order valence-corrected chi connectivity index (χ4v) is 5.18. The van der Waals surface area contributed by atoms with Gasteiger partial charge < -0.3 is 23.8 Å². The standard InChI is InChI=1S/C37H55F3N4O7/c1-11-16-28(26-18-19-30(27(23-26)37(38,39)40)49-22-14-13-21-48-25(4)45)41-31(24(3)12-2)29-17-15-20-44(29)32(42-33(46)50-35(5,6)7)43-34(47)51-36(8,9)10/h16,18-19,23-24,29H,11-15,17,20-22H2,1-10H3,(H,42,43,46,47)/b28-16-,41-31?. The Kier molecular flexibility index (Phi) is 16.0. The van der Waals surface area contributed by atoms with E-state index in [-0.39, 0.29) is 36.4 Å². The zero-order valence-corrected chi connectivity index (χ0v) is 31.7. The van der Waals surface area contributed by atoms with E-state index in [9.17, 15) is 27.6 Å². The summed E-state index contributed by atoms with van der Waals surface area (Å²) in [6.07, 6.45) is -1.39. The van der Waals surface area contributed by atoms with Gasteiger partial charge in [0.1, 0.15) is 17.0 Å². The van der Waals surface area contributed by atoms with Crippen LogP contribution in [0.1, 0.15) is 119 Å². The van der Waals surface area contributed by atoms with E-state index < -0.39 is 47.1 Å². The van der Waals surface area contributed by atoms with E-state index in [1.807, 2.05) is 20.8 Å². The summed E-state index contributed by atoms with van der Waals surface area (Å²) in [7, 11) is 0. The van der Waals surface area contributed by atoms with E-state index in [0.29, 0.717) is 56.5 Å². The first-order chi connectivity index (χ1) is 23.6. The van der Waals surface area contributed by atoms with Gasteiger partial charge in [-0.2, -0.15) is 13.2 Å². The molecular formula is C37H55F3N4O7. The number of carbonyl (C=O) groups is 3. The Balaban J connectivity index is 2.57. The summed E-state index contributed by atoms with van der Waals surface area (Å²) in [5.74, 6) is -0.920. The van der Waals surface area contributed by atoms with Crippen molar-refractivity contribution in [2.45, 2.75) is 131 Å². The van der Waals surface area contributed by atoms with Crippen LogP contribution in [0.3, 0.4) is 0 Å². The molecule has 2 rings (SSSR count). The van der Waals surface area contributed by atoms with Gasteiger partial charge in [0.25, 0.3) is 0 Å². The van der Waals surface area contributed by atoms with Crippen molar-refractivity contribution in [1.29, 1.82) is 0 Å². The molecule has 2 atom stereocenters. The lowest BCUT2D eigenvalue weighted by molar-refractivity contribution is -0.141. The van der Waals surface area contributed by atoms with Gasteiger partial charge in [-0.15, -0.1) is 4.99 Å². The van der Waals surface area contributed by atoms with Gasteiger partial charge in [0.15, 0.2) is 0 Å². The zero-order chi connectivity index (χ0) is 38.6. The Morgan fingerprint density at radius 3 is 2.22 bits per heavy atom. The van der Waals surface area contributed by atoms with Gasteiger partial charge in [-0.05, 0) is 104 Å². The van der Waals surface area contributed by atoms with Gasteiger partial charge >= 0.3 is 24.3 Å². The number of likely N-dealkylation sites (tertiary alicyclic amines) is 1. The van der Waals surface area contributed by atoms with Gasteiger partial charge in [0, 0.05) is 24.7 Å². The maximum Gasteiger partial charge on any atom is 0.437 e. The van der Waals surface area contributed by atoms with Crippen molar-refractivity contribution in [3.63, 3.8) is 0 Å². The van der Waals surface area contributed by atoms with E-state index in [1.165, 1.54) is 13.0 Å². The summed E-state index contributed by atoms with van der Waals surface area (Å²) in [6, 6.07) is 3.44. The molecule has 1 aliphatic heterocycles. The smallest absolute Gasteiger partial charge is 0.437 e. The summed E-state index contributed by atoms with van der Waals surface area (Å²) in [6.45, 7) is 17.9. The summed E-state index contributed by atoms with van der Waals surface area (Å²) in [5, 5.41) is 2.63. The molecule has 0 aromatic heterocycles. The monoisotopic (exact) mass is 724 g/mol. The third-order valence-electron chi connectivity index (χ3n) is 7.52. The first kappa shape index (κ1) is 43.1. The molecule has 286 valence electrons. The van der Waals surface area contributed by atoms with Gasteiger partial charge in [0.2, 0.25) is 5.96 Å². The third-order valence-corrected chi connectivity index (χ3v) is 7.52. The number of amides is 2. The maximum absolute atomic E-state index is 14.3. The lowest BCUT2D eigenvalue weighted by atomic mass is 9.94. The van der Waals surface area contributed by atoms with Gasteiger partial charge in [0.05, 0.1) is 30.5 Å². The van der Waals surface area contributed by atoms with E-state index in [0.717, 1.165) is 6.07 Å². The van der Waals surface area contributed by atoms with Crippen molar-refractivity contribution in [3.8, 4) is 5.75 Å². The number of aliphatic imine (C=N–C) groups is 2. The van der Waals surface area contributed by atoms with Crippen LogP contribution in [0.5, 0.6) is 5.75 Å². The molecule has 2 amide bonds. The molecule has 1 aliphatic rings. The number of halogens is 3. The minimum Gasteiger partial charge on any atom is -0.493 e. The van der Waals surface area contributed by atoms with Crippen LogP contribution >= 0.6 is 0 Å². The number of hydrogen-bond donors (Lipinski definition) is 1. The predicted octanol–water partition coefficient (Wildman–Crippen LogP) is 8.95. The third kappa shape index (κ3) is 15.0. The molecule has 14 heteroatoms. The molecule has 1 N–H and O–H groups in total. The molecular weight excluding hydrogens is 669 g/mol. The number of rotatable bonds is 12. The van der Waals surface area contributed by atoms with Crippen LogP contribution in [-0.2, 0) is 25.2 Å². The average molecular weight is 725 g/mol. The number of alkyl carbamates (subject to hydrolysis) is 1. The number of unbranched alkanes of at least 4 members (excludes halogenated alkanes) is 1. The number of nitrogens with one attached hydrogen (secondary N) is 1. The molecule has 0 bridgehead atoms. The number of allylic oxidation sites excluding steroid dienone is 1. The highest BCUT2D eigenvalue weighted by molar-refractivity contribution is 6.03. The summed E-state index contributed by atoms with van der Waals surface area (Å²) >= 11 is 0. The van der Waals surface area contributed by atoms with E-state index in [1.54, 1.807) is 58.6 Å². The number of ether oxygens (including phenoxy) is 4. The lowest BCUT2D eigenvalue weighted by Gasteiger charge is -2.32. The predicted molar refractivity (Wildman–Crippen MR) is 191 cm³/mol. The topological polar surface area (TPSA) is 128 Å². The SMILES string of the molecule is CC/C=C(\N=C(C(C)CC)C1CCCN1/C(=N/C(=O)OC(C)(C)C)NC(=O)OC(C)(C)C)c1ccc(OCCCCOC(C)=O)c(C(F)(F)F)c1. The second kappa shape index (κ2) is 18.9. The molecule has 51 heavy (non-hydrogen) atoms. The van der Waals surface area contributed by atoms with Crippen LogP contribution in [0.25, 0.3) is 5.70 Å². The molecule has 1 saturated heterocycles. The van der Waals surface area contributed by atoms with Crippen LogP contribution in [-0.4, -0.2) is 71.7 Å². The first-order valence-electron chi connectivity index (χ1n) is 17.5. The first-order valence-corrected chi connectivity index (χ1v) is 17.5. The number of carbonyl (C=O) groups excluding carboxylic acids is 3. The van der Waals surface area contributed by atoms with Gasteiger partial charge in [-0.25, -0.2) is 9.59 Å². The fraction of sp³-hybridized carbons (Fsp3) is 0.649. The van der Waals surface area contributed by atoms with Crippen LogP contribution in [0.2, 0.25) is 0 Å². The van der Waals surface area contributed by atoms with Crippen molar-refractivity contribution in [2.24, 2.45) is 15.9 Å². The van der Waals surface area contributed by atoms with Gasteiger partial charge in [-0.1, -0.05) is 26.8 Å². The highest BCUT2D eigenvalue weighted by atomic mass is 19.4. The van der Waals surface area contributed by atoms with Crippen LogP contribution < -0.4 is 10.1 Å². The Morgan fingerprint density at radius 1 is 1.00 bits per heavy atom. The van der Waals surface area contributed by atoms with E-state index in [4.69, 9.17) is 23.9 Å². The van der Waals surface area contributed by atoms with Crippen LogP contribution in [0.15, 0.2) is 34.3 Å². The number of nitrogens with zero attached hydrogens (tertiary/aromatic N) is 3. The Hall–Kier alpha value is -4.10. The summed E-state index contributed by atoms with van der Waals surface area (Å²) in [5.41, 5.74) is -1.32. The van der Waals surface area contributed by atoms with Crippen molar-refractivity contribution >= 4 is 35.5 Å². The minimum atomic E-state index is -4.70. The molecule has 0 spiro atoms. The largest absolute Gasteiger partial charge is 0.493 e. The second-order valence-electron chi connectivity index (χ2n) is 14.3. The number of benzene rings is 1. The molecule has 1 aromatic carbocycles. The number of alkyl halides is 3. The molecule has 1 heterocycles. The van der Waals surface area contributed by atoms with Gasteiger partial charge in [-0.3, -0.25) is 15.1 Å². The van der Waals surface area contributed by atoms with Crippen LogP contribution in [0, 0.1) is 5.92 Å². The molecule has 0 radical (unpaired) electrons. The molecule has 2 unspecified atom stereocenters. The number of esters is 1. The number of hydrogen-bond acceptors (Lipinski definition) is 8. The average Bonchev–Trinajstić information content (AvgIpc) is 3.47. The molecule has 0 saturated carbocycles. The highest BCUT2D eigenvalue weighted by Gasteiger charge is 2.37. The molecule has 1 aromatic rings. The van der Waals surface area contributed by atoms with Crippen molar-refractivity contribution < 1.29 is 46.5 Å². The summed E-state index contributed by atoms with van der Waals surface area (Å²) in [4.78, 5) is 47.7. The quantitative estimate of drug-likeness (QED) is 0.0744. The van der Waals surface area contributed by atoms with E-state index >= 15 is 0 Å². The Labute approximate surface area is 300 Å². The Bertz CT molecular complexity index is 1440. The maximum atomic E-state index is 14.3. The van der Waals surface area contributed by atoms with Crippen molar-refractivity contribution in [1.82, 2.24) is 10.2 Å². The number of guanidine groups is 1. The van der Waals surface area contributed by atoms with Crippen molar-refractivity contribution in [2.75, 3.05) is 19.8 Å². The molecule has 11 nitrogen and oxygen atoms in total. The normalized spacial score (nSPS) is 16.8. The van der Waals surface area contributed by atoms with Crippen LogP contribution in [0.4, 0.5) is 22.8 Å².